The predicted molar refractivity (Wildman–Crippen MR) is 117 cm³/mol. The van der Waals surface area contributed by atoms with E-state index < -0.39 is 0 Å². The van der Waals surface area contributed by atoms with Gasteiger partial charge in [-0.1, -0.05) is 36.9 Å². The first-order chi connectivity index (χ1) is 13.2. The lowest BCUT2D eigenvalue weighted by molar-refractivity contribution is 0.132. The molecule has 1 saturated heterocycles. The van der Waals surface area contributed by atoms with E-state index in [0.717, 1.165) is 6.54 Å². The normalized spacial score (nSPS) is 17.6. The topological polar surface area (TPSA) is 9.72 Å². The highest BCUT2D eigenvalue weighted by Crippen LogP contribution is 2.48. The SMILES string of the molecule is CCCN1CCN(CCCN2c3ccccc3Sc3ccc(C)cc32)CC1. The van der Waals surface area contributed by atoms with Crippen molar-refractivity contribution < 1.29 is 0 Å². The molecule has 2 aliphatic rings. The van der Waals surface area contributed by atoms with Crippen LogP contribution in [-0.2, 0) is 0 Å². The van der Waals surface area contributed by atoms with Crippen molar-refractivity contribution in [3.8, 4) is 0 Å². The van der Waals surface area contributed by atoms with Gasteiger partial charge in [0.1, 0.15) is 0 Å². The van der Waals surface area contributed by atoms with Crippen molar-refractivity contribution >= 4 is 23.1 Å². The molecule has 2 heterocycles. The standard InChI is InChI=1S/C23H31N3S/c1-3-11-24-14-16-25(17-15-24)12-6-13-26-20-7-4-5-8-22(20)27-23-10-9-19(2)18-21(23)26/h4-5,7-10,18H,3,6,11-17H2,1-2H3. The third kappa shape index (κ3) is 4.34. The zero-order valence-corrected chi connectivity index (χ0v) is 17.5. The molecule has 2 aromatic rings. The van der Waals surface area contributed by atoms with E-state index in [2.05, 4.69) is 71.0 Å². The Balaban J connectivity index is 1.41. The van der Waals surface area contributed by atoms with Gasteiger partial charge in [0.05, 0.1) is 11.4 Å². The van der Waals surface area contributed by atoms with Crippen LogP contribution in [0, 0.1) is 6.92 Å². The van der Waals surface area contributed by atoms with Gasteiger partial charge in [0.25, 0.3) is 0 Å². The van der Waals surface area contributed by atoms with E-state index in [0.29, 0.717) is 0 Å². The largest absolute Gasteiger partial charge is 0.340 e. The summed E-state index contributed by atoms with van der Waals surface area (Å²) in [5, 5.41) is 0. The summed E-state index contributed by atoms with van der Waals surface area (Å²) in [6, 6.07) is 15.7. The van der Waals surface area contributed by atoms with E-state index in [-0.39, 0.29) is 0 Å². The van der Waals surface area contributed by atoms with Crippen molar-refractivity contribution in [1.29, 1.82) is 0 Å². The van der Waals surface area contributed by atoms with Gasteiger partial charge in [0, 0.05) is 42.5 Å². The average molecular weight is 382 g/mol. The van der Waals surface area contributed by atoms with Gasteiger partial charge in [0.2, 0.25) is 0 Å². The van der Waals surface area contributed by atoms with Crippen LogP contribution in [0.3, 0.4) is 0 Å². The van der Waals surface area contributed by atoms with Gasteiger partial charge in [-0.3, -0.25) is 0 Å². The van der Waals surface area contributed by atoms with Crippen LogP contribution in [-0.4, -0.2) is 55.6 Å². The van der Waals surface area contributed by atoms with Crippen LogP contribution in [0.2, 0.25) is 0 Å². The summed E-state index contributed by atoms with van der Waals surface area (Å²) in [5.41, 5.74) is 4.09. The van der Waals surface area contributed by atoms with Crippen LogP contribution < -0.4 is 4.90 Å². The Bertz CT molecular complexity index is 768. The predicted octanol–water partition coefficient (Wildman–Crippen LogP) is 5.02. The minimum atomic E-state index is 1.09. The first kappa shape index (κ1) is 18.9. The summed E-state index contributed by atoms with van der Waals surface area (Å²) in [6.45, 7) is 12.9. The van der Waals surface area contributed by atoms with Gasteiger partial charge in [0.15, 0.2) is 0 Å². The fraction of sp³-hybridized carbons (Fsp3) is 0.478. The van der Waals surface area contributed by atoms with Crippen LogP contribution in [0.4, 0.5) is 11.4 Å². The molecule has 2 aromatic carbocycles. The first-order valence-electron chi connectivity index (χ1n) is 10.3. The average Bonchev–Trinajstić information content (AvgIpc) is 2.69. The number of fused-ring (bicyclic) bond motifs is 2. The van der Waals surface area contributed by atoms with Gasteiger partial charge in [-0.25, -0.2) is 0 Å². The van der Waals surface area contributed by atoms with Crippen LogP contribution in [0.25, 0.3) is 0 Å². The number of benzene rings is 2. The summed E-state index contributed by atoms with van der Waals surface area (Å²) < 4.78 is 0. The minimum absolute atomic E-state index is 1.09. The van der Waals surface area contributed by atoms with Crippen LogP contribution in [0.5, 0.6) is 0 Å². The van der Waals surface area contributed by atoms with Gasteiger partial charge in [-0.2, -0.15) is 0 Å². The first-order valence-corrected chi connectivity index (χ1v) is 11.2. The number of piperazine rings is 1. The fourth-order valence-corrected chi connectivity index (χ4v) is 5.26. The number of hydrogen-bond donors (Lipinski definition) is 0. The van der Waals surface area contributed by atoms with Crippen molar-refractivity contribution in [1.82, 2.24) is 9.80 Å². The third-order valence-electron chi connectivity index (χ3n) is 5.64. The van der Waals surface area contributed by atoms with Crippen molar-refractivity contribution in [2.45, 2.75) is 36.5 Å². The van der Waals surface area contributed by atoms with Crippen LogP contribution in [0.15, 0.2) is 52.3 Å². The highest BCUT2D eigenvalue weighted by atomic mass is 32.2. The molecule has 27 heavy (non-hydrogen) atoms. The summed E-state index contributed by atoms with van der Waals surface area (Å²) in [4.78, 5) is 10.6. The smallest absolute Gasteiger partial charge is 0.0555 e. The van der Waals surface area contributed by atoms with E-state index in [1.807, 2.05) is 11.8 Å². The van der Waals surface area contributed by atoms with Gasteiger partial charge in [-0.05, 0) is 62.7 Å². The lowest BCUT2D eigenvalue weighted by Crippen LogP contribution is -2.47. The zero-order valence-electron chi connectivity index (χ0n) is 16.7. The van der Waals surface area contributed by atoms with E-state index in [4.69, 9.17) is 0 Å². The molecule has 0 N–H and O–H groups in total. The van der Waals surface area contributed by atoms with E-state index in [9.17, 15) is 0 Å². The lowest BCUT2D eigenvalue weighted by Gasteiger charge is -2.36. The summed E-state index contributed by atoms with van der Waals surface area (Å²) >= 11 is 1.90. The molecule has 0 spiro atoms. The summed E-state index contributed by atoms with van der Waals surface area (Å²) in [7, 11) is 0. The number of nitrogens with zero attached hydrogens (tertiary/aromatic N) is 3. The molecule has 144 valence electrons. The van der Waals surface area contributed by atoms with Crippen molar-refractivity contribution in [2.75, 3.05) is 50.7 Å². The van der Waals surface area contributed by atoms with Gasteiger partial charge in [-0.15, -0.1) is 0 Å². The number of aryl methyl sites for hydroxylation is 1. The molecule has 0 radical (unpaired) electrons. The third-order valence-corrected chi connectivity index (χ3v) is 6.77. The fourth-order valence-electron chi connectivity index (χ4n) is 4.19. The number of rotatable bonds is 6. The molecule has 0 saturated carbocycles. The van der Waals surface area contributed by atoms with Crippen molar-refractivity contribution in [3.05, 3.63) is 48.0 Å². The molecule has 4 rings (SSSR count). The highest BCUT2D eigenvalue weighted by molar-refractivity contribution is 7.99. The number of hydrogen-bond acceptors (Lipinski definition) is 4. The molecule has 0 amide bonds. The Morgan fingerprint density at radius 2 is 1.52 bits per heavy atom. The second kappa shape index (κ2) is 8.68. The molecular formula is C23H31N3S. The number of para-hydroxylation sites is 1. The van der Waals surface area contributed by atoms with E-state index >= 15 is 0 Å². The molecule has 0 aromatic heterocycles. The van der Waals surface area contributed by atoms with Crippen molar-refractivity contribution in [2.24, 2.45) is 0 Å². The minimum Gasteiger partial charge on any atom is -0.340 e. The second-order valence-corrected chi connectivity index (χ2v) is 8.81. The Morgan fingerprint density at radius 1 is 0.815 bits per heavy atom. The molecule has 0 atom stereocenters. The molecule has 0 aliphatic carbocycles. The van der Waals surface area contributed by atoms with E-state index in [1.165, 1.54) is 78.8 Å². The van der Waals surface area contributed by atoms with E-state index in [1.54, 1.807) is 0 Å². The monoisotopic (exact) mass is 381 g/mol. The Hall–Kier alpha value is -1.49. The van der Waals surface area contributed by atoms with Crippen LogP contribution >= 0.6 is 11.8 Å². The molecule has 0 unspecified atom stereocenters. The lowest BCUT2D eigenvalue weighted by atomic mass is 10.1. The highest BCUT2D eigenvalue weighted by Gasteiger charge is 2.23. The maximum atomic E-state index is 2.65. The number of anilines is 2. The molecule has 2 aliphatic heterocycles. The zero-order chi connectivity index (χ0) is 18.6. The van der Waals surface area contributed by atoms with Gasteiger partial charge < -0.3 is 14.7 Å². The summed E-state index contributed by atoms with van der Waals surface area (Å²) in [5.74, 6) is 0. The maximum Gasteiger partial charge on any atom is 0.0555 e. The Labute approximate surface area is 168 Å². The Morgan fingerprint density at radius 3 is 2.30 bits per heavy atom. The van der Waals surface area contributed by atoms with Crippen molar-refractivity contribution in [3.63, 3.8) is 0 Å². The molecule has 1 fully saturated rings. The molecule has 4 heteroatoms. The Kier molecular flexibility index (Phi) is 6.06. The molecule has 0 bridgehead atoms. The quantitative estimate of drug-likeness (QED) is 0.695. The summed E-state index contributed by atoms with van der Waals surface area (Å²) in [6.07, 6.45) is 2.48. The molecule has 3 nitrogen and oxygen atoms in total. The maximum absolute atomic E-state index is 2.65. The second-order valence-electron chi connectivity index (χ2n) is 7.73. The van der Waals surface area contributed by atoms with Gasteiger partial charge >= 0.3 is 0 Å². The van der Waals surface area contributed by atoms with Crippen LogP contribution in [0.1, 0.15) is 25.3 Å². The molecular weight excluding hydrogens is 350 g/mol.